The van der Waals surface area contributed by atoms with Gasteiger partial charge in [0.15, 0.2) is 0 Å². The summed E-state index contributed by atoms with van der Waals surface area (Å²) in [6.45, 7) is 7.88. The van der Waals surface area contributed by atoms with Gasteiger partial charge in [-0.2, -0.15) is 0 Å². The van der Waals surface area contributed by atoms with Crippen molar-refractivity contribution in [3.63, 3.8) is 0 Å². The monoisotopic (exact) mass is 274 g/mol. The molecule has 0 rings (SSSR count). The third-order valence-corrected chi connectivity index (χ3v) is 2.86. The fourth-order valence-electron chi connectivity index (χ4n) is 1.55. The maximum Gasteiger partial charge on any atom is 0.508 e. The van der Waals surface area contributed by atoms with E-state index in [4.69, 9.17) is 14.2 Å². The lowest BCUT2D eigenvalue weighted by Gasteiger charge is -2.12. The first-order valence-corrected chi connectivity index (χ1v) is 7.61. The zero-order valence-electron chi connectivity index (χ0n) is 12.8. The molecular weight excluding hydrogens is 244 g/mol. The van der Waals surface area contributed by atoms with Gasteiger partial charge in [-0.15, -0.1) is 0 Å². The summed E-state index contributed by atoms with van der Waals surface area (Å²) in [5, 5.41) is 0. The van der Waals surface area contributed by atoms with Crippen LogP contribution in [0.1, 0.15) is 65.7 Å². The van der Waals surface area contributed by atoms with E-state index in [0.29, 0.717) is 19.6 Å². The van der Waals surface area contributed by atoms with Gasteiger partial charge >= 0.3 is 6.16 Å². The van der Waals surface area contributed by atoms with Gasteiger partial charge in [-0.1, -0.05) is 39.5 Å². The molecule has 0 spiro atoms. The van der Waals surface area contributed by atoms with Crippen molar-refractivity contribution in [1.82, 2.24) is 0 Å². The summed E-state index contributed by atoms with van der Waals surface area (Å²) in [4.78, 5) is 11.2. The summed E-state index contributed by atoms with van der Waals surface area (Å²) >= 11 is 0. The third-order valence-electron chi connectivity index (χ3n) is 2.86. The largest absolute Gasteiger partial charge is 0.508 e. The SMILES string of the molecule is CCCCCCOC(=O)OCCC(C)OCCCC. The Morgan fingerprint density at radius 1 is 0.895 bits per heavy atom. The molecule has 0 heterocycles. The van der Waals surface area contributed by atoms with E-state index in [9.17, 15) is 4.79 Å². The molecule has 0 saturated heterocycles. The fourth-order valence-corrected chi connectivity index (χ4v) is 1.55. The molecular formula is C15H30O4. The Morgan fingerprint density at radius 3 is 2.26 bits per heavy atom. The van der Waals surface area contributed by atoms with Crippen molar-refractivity contribution in [2.24, 2.45) is 0 Å². The Kier molecular flexibility index (Phi) is 13.1. The molecule has 0 aliphatic carbocycles. The molecule has 0 saturated carbocycles. The van der Waals surface area contributed by atoms with Crippen LogP contribution in [0.3, 0.4) is 0 Å². The smallest absolute Gasteiger partial charge is 0.434 e. The molecule has 0 N–H and O–H groups in total. The van der Waals surface area contributed by atoms with E-state index in [0.717, 1.165) is 32.3 Å². The summed E-state index contributed by atoms with van der Waals surface area (Å²) in [5.74, 6) is 0. The average molecular weight is 274 g/mol. The number of hydrogen-bond donors (Lipinski definition) is 0. The van der Waals surface area contributed by atoms with Crippen LogP contribution in [0.4, 0.5) is 4.79 Å². The highest BCUT2D eigenvalue weighted by atomic mass is 16.7. The van der Waals surface area contributed by atoms with E-state index in [1.807, 2.05) is 6.92 Å². The van der Waals surface area contributed by atoms with Crippen molar-refractivity contribution in [2.75, 3.05) is 19.8 Å². The molecule has 0 amide bonds. The zero-order chi connectivity index (χ0) is 14.3. The van der Waals surface area contributed by atoms with Gasteiger partial charge < -0.3 is 14.2 Å². The highest BCUT2D eigenvalue weighted by Crippen LogP contribution is 2.02. The van der Waals surface area contributed by atoms with E-state index in [1.54, 1.807) is 0 Å². The quantitative estimate of drug-likeness (QED) is 0.393. The van der Waals surface area contributed by atoms with Crippen molar-refractivity contribution in [1.29, 1.82) is 0 Å². The second-order valence-corrected chi connectivity index (χ2v) is 4.83. The normalized spacial score (nSPS) is 12.2. The predicted molar refractivity (Wildman–Crippen MR) is 76.4 cm³/mol. The van der Waals surface area contributed by atoms with Crippen molar-refractivity contribution in [3.8, 4) is 0 Å². The Bertz CT molecular complexity index is 206. The summed E-state index contributed by atoms with van der Waals surface area (Å²) in [5.41, 5.74) is 0. The van der Waals surface area contributed by atoms with Gasteiger partial charge in [0.25, 0.3) is 0 Å². The summed E-state index contributed by atoms with van der Waals surface area (Å²) < 4.78 is 15.5. The predicted octanol–water partition coefficient (Wildman–Crippen LogP) is 4.32. The lowest BCUT2D eigenvalue weighted by Crippen LogP contribution is -2.15. The summed E-state index contributed by atoms with van der Waals surface area (Å²) in [6.07, 6.45) is 6.88. The minimum Gasteiger partial charge on any atom is -0.434 e. The van der Waals surface area contributed by atoms with Crippen molar-refractivity contribution < 1.29 is 19.0 Å². The highest BCUT2D eigenvalue weighted by Gasteiger charge is 2.06. The molecule has 114 valence electrons. The van der Waals surface area contributed by atoms with Crippen molar-refractivity contribution >= 4 is 6.16 Å². The van der Waals surface area contributed by atoms with Gasteiger partial charge in [0.1, 0.15) is 0 Å². The second kappa shape index (κ2) is 13.7. The number of carbonyl (C=O) groups excluding carboxylic acids is 1. The van der Waals surface area contributed by atoms with Crippen LogP contribution in [-0.4, -0.2) is 32.1 Å². The minimum absolute atomic E-state index is 0.129. The Balaban J connectivity index is 3.32. The Hall–Kier alpha value is -0.770. The van der Waals surface area contributed by atoms with Crippen LogP contribution in [0, 0.1) is 0 Å². The lowest BCUT2D eigenvalue weighted by molar-refractivity contribution is 0.0215. The van der Waals surface area contributed by atoms with Gasteiger partial charge in [-0.05, 0) is 19.8 Å². The lowest BCUT2D eigenvalue weighted by atomic mass is 10.2. The molecule has 0 aromatic heterocycles. The van der Waals surface area contributed by atoms with Gasteiger partial charge in [-0.25, -0.2) is 4.79 Å². The van der Waals surface area contributed by atoms with E-state index in [1.165, 1.54) is 12.8 Å². The molecule has 0 fully saturated rings. The van der Waals surface area contributed by atoms with Crippen LogP contribution in [0.25, 0.3) is 0 Å². The average Bonchev–Trinajstić information content (AvgIpc) is 2.39. The van der Waals surface area contributed by atoms with Crippen LogP contribution in [0.5, 0.6) is 0 Å². The molecule has 4 heteroatoms. The molecule has 0 aliphatic rings. The van der Waals surface area contributed by atoms with E-state index in [2.05, 4.69) is 13.8 Å². The van der Waals surface area contributed by atoms with Crippen molar-refractivity contribution in [3.05, 3.63) is 0 Å². The van der Waals surface area contributed by atoms with Crippen LogP contribution in [0.2, 0.25) is 0 Å². The van der Waals surface area contributed by atoms with E-state index in [-0.39, 0.29) is 6.10 Å². The summed E-state index contributed by atoms with van der Waals surface area (Å²) in [7, 11) is 0. The first-order valence-electron chi connectivity index (χ1n) is 7.61. The first-order chi connectivity index (χ1) is 9.20. The van der Waals surface area contributed by atoms with Gasteiger partial charge in [-0.3, -0.25) is 0 Å². The fraction of sp³-hybridized carbons (Fsp3) is 0.933. The Morgan fingerprint density at radius 2 is 1.58 bits per heavy atom. The first kappa shape index (κ1) is 18.2. The minimum atomic E-state index is -0.558. The topological polar surface area (TPSA) is 44.8 Å². The van der Waals surface area contributed by atoms with Crippen LogP contribution in [-0.2, 0) is 14.2 Å². The third kappa shape index (κ3) is 13.5. The van der Waals surface area contributed by atoms with Gasteiger partial charge in [0.05, 0.1) is 19.3 Å². The molecule has 0 aliphatic heterocycles. The maximum absolute atomic E-state index is 11.2. The zero-order valence-corrected chi connectivity index (χ0v) is 12.8. The molecule has 0 aromatic carbocycles. The number of rotatable bonds is 12. The number of ether oxygens (including phenoxy) is 3. The number of hydrogen-bond acceptors (Lipinski definition) is 4. The molecule has 0 radical (unpaired) electrons. The molecule has 0 bridgehead atoms. The molecule has 0 aromatic rings. The number of carbonyl (C=O) groups is 1. The molecule has 19 heavy (non-hydrogen) atoms. The standard InChI is InChI=1S/C15H30O4/c1-4-6-8-9-12-18-15(16)19-13-10-14(3)17-11-7-5-2/h14H,4-13H2,1-3H3. The highest BCUT2D eigenvalue weighted by molar-refractivity contribution is 5.59. The van der Waals surface area contributed by atoms with E-state index < -0.39 is 6.16 Å². The van der Waals surface area contributed by atoms with Crippen LogP contribution in [0.15, 0.2) is 0 Å². The van der Waals surface area contributed by atoms with Crippen LogP contribution >= 0.6 is 0 Å². The van der Waals surface area contributed by atoms with Crippen molar-refractivity contribution in [2.45, 2.75) is 71.8 Å². The molecule has 4 nitrogen and oxygen atoms in total. The van der Waals surface area contributed by atoms with Crippen LogP contribution < -0.4 is 0 Å². The number of unbranched alkanes of at least 4 members (excludes halogenated alkanes) is 4. The maximum atomic E-state index is 11.2. The Labute approximate surface area is 117 Å². The van der Waals surface area contributed by atoms with Gasteiger partial charge in [0.2, 0.25) is 0 Å². The summed E-state index contributed by atoms with van der Waals surface area (Å²) in [6, 6.07) is 0. The van der Waals surface area contributed by atoms with E-state index >= 15 is 0 Å². The molecule has 1 unspecified atom stereocenters. The second-order valence-electron chi connectivity index (χ2n) is 4.83. The van der Waals surface area contributed by atoms with Gasteiger partial charge in [0, 0.05) is 13.0 Å². The molecule has 1 atom stereocenters.